The van der Waals surface area contributed by atoms with Crippen LogP contribution in [-0.4, -0.2) is 45.5 Å². The number of fused-ring (bicyclic) bond motifs is 2. The molecule has 0 saturated heterocycles. The molecule has 0 bridgehead atoms. The molecule has 10 heteroatoms. The van der Waals surface area contributed by atoms with E-state index in [2.05, 4.69) is 4.98 Å². The SMILES string of the molecule is Cn1c(=O)[nH]c2cc(C3=NC(Cc4ccccc4Cl)C(=O)N(CCO)c4c(F)cc(Cl)cc43)ccc21. The molecule has 1 aromatic heterocycles. The predicted molar refractivity (Wildman–Crippen MR) is 139 cm³/mol. The number of hydrogen-bond donors (Lipinski definition) is 2. The number of anilines is 1. The molecular weight excluding hydrogens is 506 g/mol. The fourth-order valence-electron chi connectivity index (χ4n) is 4.53. The van der Waals surface area contributed by atoms with Crippen LogP contribution in [0.2, 0.25) is 10.0 Å². The number of imidazole rings is 1. The third kappa shape index (κ3) is 4.21. The molecule has 4 aromatic rings. The Kier molecular flexibility index (Phi) is 6.42. The summed E-state index contributed by atoms with van der Waals surface area (Å²) in [5.74, 6) is -1.18. The summed E-state index contributed by atoms with van der Waals surface area (Å²) >= 11 is 12.6. The molecule has 0 radical (unpaired) electrons. The zero-order chi connectivity index (χ0) is 25.6. The first-order valence-electron chi connectivity index (χ1n) is 11.2. The van der Waals surface area contributed by atoms with Crippen LogP contribution >= 0.6 is 23.2 Å². The molecule has 5 rings (SSSR count). The number of H-pyrrole nitrogens is 1. The number of aryl methyl sites for hydroxylation is 1. The van der Waals surface area contributed by atoms with Crippen LogP contribution in [0.1, 0.15) is 16.7 Å². The van der Waals surface area contributed by atoms with E-state index >= 15 is 4.39 Å². The van der Waals surface area contributed by atoms with Crippen LogP contribution in [0.15, 0.2) is 64.4 Å². The van der Waals surface area contributed by atoms with Crippen molar-refractivity contribution < 1.29 is 14.3 Å². The number of β-amino-alcohol motifs (C(OH)–C–C–N with tert-alkyl or cyclic N) is 1. The van der Waals surface area contributed by atoms with Crippen LogP contribution in [0.3, 0.4) is 0 Å². The number of nitrogens with one attached hydrogen (secondary N) is 1. The molecule has 1 amide bonds. The Bertz CT molecular complexity index is 1590. The zero-order valence-electron chi connectivity index (χ0n) is 19.1. The van der Waals surface area contributed by atoms with E-state index < -0.39 is 17.8 Å². The maximum absolute atomic E-state index is 15.4. The summed E-state index contributed by atoms with van der Waals surface area (Å²) in [6.07, 6.45) is 0.164. The topological polar surface area (TPSA) is 90.7 Å². The van der Waals surface area contributed by atoms with Gasteiger partial charge < -0.3 is 15.0 Å². The molecule has 1 atom stereocenters. The van der Waals surface area contributed by atoms with Crippen molar-refractivity contribution in [2.24, 2.45) is 12.0 Å². The first-order chi connectivity index (χ1) is 17.3. The van der Waals surface area contributed by atoms with Gasteiger partial charge in [-0.3, -0.25) is 14.4 Å². The molecular formula is C26H21Cl2FN4O3. The monoisotopic (exact) mass is 526 g/mol. The minimum Gasteiger partial charge on any atom is -0.395 e. The molecule has 7 nitrogen and oxygen atoms in total. The Balaban J connectivity index is 1.76. The van der Waals surface area contributed by atoms with Crippen LogP contribution in [-0.2, 0) is 18.3 Å². The van der Waals surface area contributed by atoms with Gasteiger partial charge in [0.15, 0.2) is 0 Å². The number of carbonyl (C=O) groups excluding carboxylic acids is 1. The fraction of sp³-hybridized carbons (Fsp3) is 0.192. The zero-order valence-corrected chi connectivity index (χ0v) is 20.6. The van der Waals surface area contributed by atoms with E-state index in [0.29, 0.717) is 38.5 Å². The second-order valence-corrected chi connectivity index (χ2v) is 9.35. The second kappa shape index (κ2) is 9.54. The number of benzene rings is 3. The molecule has 0 saturated carbocycles. The van der Waals surface area contributed by atoms with Gasteiger partial charge in [0.2, 0.25) is 0 Å². The number of aliphatic hydroxyl groups is 1. The van der Waals surface area contributed by atoms with Gasteiger partial charge in [-0.15, -0.1) is 0 Å². The van der Waals surface area contributed by atoms with Crippen LogP contribution in [0.25, 0.3) is 11.0 Å². The molecule has 184 valence electrons. The number of aliphatic hydroxyl groups excluding tert-OH is 1. The Hall–Kier alpha value is -3.46. The van der Waals surface area contributed by atoms with Crippen molar-refractivity contribution in [2.45, 2.75) is 12.5 Å². The predicted octanol–water partition coefficient (Wildman–Crippen LogP) is 4.10. The minimum atomic E-state index is -0.956. The molecule has 36 heavy (non-hydrogen) atoms. The van der Waals surface area contributed by atoms with E-state index in [9.17, 15) is 14.7 Å². The number of hydrogen-bond acceptors (Lipinski definition) is 4. The molecule has 1 unspecified atom stereocenters. The quantitative estimate of drug-likeness (QED) is 0.410. The largest absolute Gasteiger partial charge is 0.395 e. The van der Waals surface area contributed by atoms with Gasteiger partial charge in [0.05, 0.1) is 29.0 Å². The summed E-state index contributed by atoms with van der Waals surface area (Å²) < 4.78 is 16.9. The van der Waals surface area contributed by atoms with Gasteiger partial charge in [-0.1, -0.05) is 47.5 Å². The van der Waals surface area contributed by atoms with Gasteiger partial charge in [0.25, 0.3) is 5.91 Å². The van der Waals surface area contributed by atoms with Crippen LogP contribution in [0, 0.1) is 5.82 Å². The highest BCUT2D eigenvalue weighted by atomic mass is 35.5. The molecule has 1 aliphatic heterocycles. The van der Waals surface area contributed by atoms with E-state index in [1.54, 1.807) is 49.5 Å². The van der Waals surface area contributed by atoms with Crippen molar-refractivity contribution in [3.8, 4) is 0 Å². The molecule has 0 spiro atoms. The highest BCUT2D eigenvalue weighted by molar-refractivity contribution is 6.32. The average molecular weight is 527 g/mol. The van der Waals surface area contributed by atoms with Crippen molar-refractivity contribution >= 4 is 51.5 Å². The second-order valence-electron chi connectivity index (χ2n) is 8.51. The minimum absolute atomic E-state index is 0.0134. The lowest BCUT2D eigenvalue weighted by molar-refractivity contribution is -0.119. The third-order valence-electron chi connectivity index (χ3n) is 6.26. The number of halogens is 3. The van der Waals surface area contributed by atoms with E-state index in [1.165, 1.54) is 9.47 Å². The average Bonchev–Trinajstić information content (AvgIpc) is 3.07. The van der Waals surface area contributed by atoms with E-state index in [0.717, 1.165) is 6.07 Å². The van der Waals surface area contributed by atoms with Crippen LogP contribution in [0.4, 0.5) is 10.1 Å². The Morgan fingerprint density at radius 3 is 2.64 bits per heavy atom. The van der Waals surface area contributed by atoms with Crippen molar-refractivity contribution in [2.75, 3.05) is 18.1 Å². The first kappa shape index (κ1) is 24.2. The Labute approximate surface area is 215 Å². The number of carbonyl (C=O) groups is 1. The lowest BCUT2D eigenvalue weighted by Crippen LogP contribution is -2.41. The van der Waals surface area contributed by atoms with E-state index in [4.69, 9.17) is 28.2 Å². The number of amides is 1. The highest BCUT2D eigenvalue weighted by Gasteiger charge is 2.34. The van der Waals surface area contributed by atoms with Crippen molar-refractivity contribution in [1.29, 1.82) is 0 Å². The lowest BCUT2D eigenvalue weighted by atomic mass is 9.99. The van der Waals surface area contributed by atoms with Crippen molar-refractivity contribution in [3.05, 3.63) is 97.6 Å². The Morgan fingerprint density at radius 1 is 1.11 bits per heavy atom. The van der Waals surface area contributed by atoms with Gasteiger partial charge >= 0.3 is 5.69 Å². The van der Waals surface area contributed by atoms with Gasteiger partial charge in [-0.05, 0) is 35.9 Å². The summed E-state index contributed by atoms with van der Waals surface area (Å²) in [6.45, 7) is -0.504. The summed E-state index contributed by atoms with van der Waals surface area (Å²) in [5.41, 5.74) is 2.87. The standard InChI is InChI=1S/C26H21Cl2FN4O3/c1-32-22-7-6-15(11-20(22)31-26(32)36)23-17-12-16(27)13-19(29)24(17)33(8-9-34)25(35)21(30-23)10-14-4-2-3-5-18(14)28/h2-7,11-13,21,34H,8-10H2,1H3,(H,31,36). The maximum atomic E-state index is 15.4. The summed E-state index contributed by atoms with van der Waals surface area (Å²) in [6, 6.07) is 14.1. The highest BCUT2D eigenvalue weighted by Crippen LogP contribution is 2.35. The summed E-state index contributed by atoms with van der Waals surface area (Å²) in [7, 11) is 1.65. The van der Waals surface area contributed by atoms with Crippen LogP contribution < -0.4 is 10.6 Å². The smallest absolute Gasteiger partial charge is 0.326 e. The fourth-order valence-corrected chi connectivity index (χ4v) is 4.95. The van der Waals surface area contributed by atoms with E-state index in [-0.39, 0.29) is 36.0 Å². The number of aromatic amines is 1. The molecule has 2 N–H and O–H groups in total. The first-order valence-corrected chi connectivity index (χ1v) is 12.0. The maximum Gasteiger partial charge on any atom is 0.326 e. The van der Waals surface area contributed by atoms with E-state index in [1.807, 2.05) is 6.07 Å². The summed E-state index contributed by atoms with van der Waals surface area (Å²) in [5, 5.41) is 10.3. The molecule has 3 aromatic carbocycles. The molecule has 0 fully saturated rings. The summed E-state index contributed by atoms with van der Waals surface area (Å²) in [4.78, 5) is 34.7. The normalized spacial score (nSPS) is 15.7. The molecule has 0 aliphatic carbocycles. The molecule has 2 heterocycles. The van der Waals surface area contributed by atoms with Gasteiger partial charge in [0, 0.05) is 41.2 Å². The number of benzodiazepines with no additional fused rings is 1. The number of aliphatic imine (C=N–C) groups is 1. The third-order valence-corrected chi connectivity index (χ3v) is 6.85. The van der Waals surface area contributed by atoms with Crippen molar-refractivity contribution in [1.82, 2.24) is 9.55 Å². The van der Waals surface area contributed by atoms with Crippen molar-refractivity contribution in [3.63, 3.8) is 0 Å². The van der Waals surface area contributed by atoms with Gasteiger partial charge in [-0.25, -0.2) is 9.18 Å². The number of rotatable bonds is 5. The van der Waals surface area contributed by atoms with Crippen LogP contribution in [0.5, 0.6) is 0 Å². The van der Waals surface area contributed by atoms with Gasteiger partial charge in [0.1, 0.15) is 11.9 Å². The van der Waals surface area contributed by atoms with Gasteiger partial charge in [-0.2, -0.15) is 0 Å². The molecule has 1 aliphatic rings. The number of aromatic nitrogens is 2. The Morgan fingerprint density at radius 2 is 1.89 bits per heavy atom. The lowest BCUT2D eigenvalue weighted by Gasteiger charge is -2.25. The number of nitrogens with zero attached hydrogens (tertiary/aromatic N) is 3.